The number of aromatic nitrogens is 2. The number of unbranched alkanes of at least 4 members (excludes halogenated alkanes) is 3. The van der Waals surface area contributed by atoms with Gasteiger partial charge >= 0.3 is 0 Å². The quantitative estimate of drug-likeness (QED) is 0.731. The van der Waals surface area contributed by atoms with Gasteiger partial charge in [-0.2, -0.15) is 5.10 Å². The number of hydrogen-bond acceptors (Lipinski definition) is 3. The van der Waals surface area contributed by atoms with Crippen LogP contribution in [0.15, 0.2) is 16.9 Å². The van der Waals surface area contributed by atoms with Crippen molar-refractivity contribution in [1.82, 2.24) is 15.1 Å². The van der Waals surface area contributed by atoms with Crippen LogP contribution in [0.1, 0.15) is 56.4 Å². The van der Waals surface area contributed by atoms with Crippen molar-refractivity contribution < 1.29 is 4.79 Å². The third kappa shape index (κ3) is 5.24. The van der Waals surface area contributed by atoms with Gasteiger partial charge in [-0.25, -0.2) is 4.68 Å². The average molecular weight is 265 g/mol. The molecule has 1 N–H and O–H groups in total. The van der Waals surface area contributed by atoms with E-state index >= 15 is 0 Å². The minimum Gasteiger partial charge on any atom is -0.351 e. The molecule has 1 heterocycles. The topological polar surface area (TPSA) is 64.0 Å². The zero-order valence-electron chi connectivity index (χ0n) is 11.8. The first-order chi connectivity index (χ1) is 9.19. The van der Waals surface area contributed by atoms with Gasteiger partial charge in [-0.15, -0.1) is 0 Å². The largest absolute Gasteiger partial charge is 0.351 e. The fourth-order valence-corrected chi connectivity index (χ4v) is 1.79. The summed E-state index contributed by atoms with van der Waals surface area (Å²) < 4.78 is 1.34. The number of nitrogens with zero attached hydrogens (tertiary/aromatic N) is 2. The van der Waals surface area contributed by atoms with Crippen LogP contribution in [0.25, 0.3) is 0 Å². The van der Waals surface area contributed by atoms with Crippen molar-refractivity contribution >= 4 is 5.91 Å². The van der Waals surface area contributed by atoms with Crippen molar-refractivity contribution in [2.45, 2.75) is 52.5 Å². The van der Waals surface area contributed by atoms with E-state index in [-0.39, 0.29) is 11.5 Å². The lowest BCUT2D eigenvalue weighted by atomic mass is 10.2. The number of rotatable bonds is 8. The highest BCUT2D eigenvalue weighted by atomic mass is 16.2. The van der Waals surface area contributed by atoms with Gasteiger partial charge < -0.3 is 5.32 Å². The molecule has 5 heteroatoms. The van der Waals surface area contributed by atoms with Crippen molar-refractivity contribution in [2.24, 2.45) is 0 Å². The molecule has 19 heavy (non-hydrogen) atoms. The summed E-state index contributed by atoms with van der Waals surface area (Å²) in [5.74, 6) is -0.207. The van der Waals surface area contributed by atoms with E-state index < -0.39 is 0 Å². The normalized spacial score (nSPS) is 10.4. The van der Waals surface area contributed by atoms with Crippen molar-refractivity contribution in [2.75, 3.05) is 6.54 Å². The summed E-state index contributed by atoms with van der Waals surface area (Å²) in [6.07, 6.45) is 5.29. The molecule has 0 atom stereocenters. The second kappa shape index (κ2) is 8.45. The lowest BCUT2D eigenvalue weighted by Crippen LogP contribution is -2.30. The molecule has 0 saturated heterocycles. The smallest absolute Gasteiger partial charge is 0.271 e. The first kappa shape index (κ1) is 15.4. The van der Waals surface area contributed by atoms with Crippen LogP contribution >= 0.6 is 0 Å². The average Bonchev–Trinajstić information content (AvgIpc) is 2.41. The number of carbonyl (C=O) groups excluding carboxylic acids is 1. The molecule has 106 valence electrons. The molecule has 0 unspecified atom stereocenters. The van der Waals surface area contributed by atoms with E-state index in [1.807, 2.05) is 6.92 Å². The number of aryl methyl sites for hydroxylation is 1. The van der Waals surface area contributed by atoms with Crippen molar-refractivity contribution in [3.8, 4) is 0 Å². The minimum atomic E-state index is -0.207. The summed E-state index contributed by atoms with van der Waals surface area (Å²) in [4.78, 5) is 23.3. The zero-order chi connectivity index (χ0) is 14.1. The van der Waals surface area contributed by atoms with Crippen LogP contribution in [0.4, 0.5) is 0 Å². The van der Waals surface area contributed by atoms with Crippen molar-refractivity contribution in [3.05, 3.63) is 28.2 Å². The summed E-state index contributed by atoms with van der Waals surface area (Å²) in [6, 6.07) is 2.88. The highest BCUT2D eigenvalue weighted by Gasteiger charge is 2.08. The molecule has 1 aromatic heterocycles. The van der Waals surface area contributed by atoms with Gasteiger partial charge in [0.1, 0.15) is 5.69 Å². The molecule has 0 aliphatic rings. The van der Waals surface area contributed by atoms with Gasteiger partial charge in [-0.3, -0.25) is 9.59 Å². The lowest BCUT2D eigenvalue weighted by molar-refractivity contribution is 0.0945. The van der Waals surface area contributed by atoms with Crippen molar-refractivity contribution in [3.63, 3.8) is 0 Å². The number of hydrogen-bond donors (Lipinski definition) is 1. The number of amides is 1. The van der Waals surface area contributed by atoms with E-state index in [1.165, 1.54) is 29.7 Å². The second-order valence-electron chi connectivity index (χ2n) is 4.60. The molecule has 1 aromatic rings. The van der Waals surface area contributed by atoms with Crippen LogP contribution < -0.4 is 10.9 Å². The fourth-order valence-electron chi connectivity index (χ4n) is 1.79. The van der Waals surface area contributed by atoms with Crippen LogP contribution in [0, 0.1) is 0 Å². The standard InChI is InChI=1S/C14H23N3O2/c1-3-5-6-7-10-15-14(19)12-8-9-13(18)17(16-12)11-4-2/h8-9H,3-7,10-11H2,1-2H3,(H,15,19). The maximum atomic E-state index is 11.9. The van der Waals surface area contributed by atoms with Crippen LogP contribution in [-0.2, 0) is 6.54 Å². The second-order valence-corrected chi connectivity index (χ2v) is 4.60. The molecule has 1 amide bonds. The summed E-state index contributed by atoms with van der Waals surface area (Å²) in [6.45, 7) is 5.32. The Kier molecular flexibility index (Phi) is 6.85. The van der Waals surface area contributed by atoms with E-state index in [4.69, 9.17) is 0 Å². The zero-order valence-corrected chi connectivity index (χ0v) is 11.8. The molecule has 5 nitrogen and oxygen atoms in total. The van der Waals surface area contributed by atoms with Gasteiger partial charge in [0, 0.05) is 19.2 Å². The van der Waals surface area contributed by atoms with E-state index in [2.05, 4.69) is 17.3 Å². The number of carbonyl (C=O) groups is 1. The maximum Gasteiger partial charge on any atom is 0.271 e. The third-order valence-electron chi connectivity index (χ3n) is 2.85. The third-order valence-corrected chi connectivity index (χ3v) is 2.85. The van der Waals surface area contributed by atoms with Gasteiger partial charge in [0.25, 0.3) is 11.5 Å². The van der Waals surface area contributed by atoms with E-state index in [0.717, 1.165) is 19.3 Å². The molecule has 0 spiro atoms. The molecule has 0 bridgehead atoms. The van der Waals surface area contributed by atoms with Crippen LogP contribution in [0.3, 0.4) is 0 Å². The molecule has 0 aliphatic carbocycles. The van der Waals surface area contributed by atoms with E-state index in [0.29, 0.717) is 18.8 Å². The molecule has 0 aromatic carbocycles. The Morgan fingerprint density at radius 1 is 1.21 bits per heavy atom. The van der Waals surface area contributed by atoms with Crippen LogP contribution in [-0.4, -0.2) is 22.2 Å². The highest BCUT2D eigenvalue weighted by Crippen LogP contribution is 1.98. The minimum absolute atomic E-state index is 0.165. The van der Waals surface area contributed by atoms with Gasteiger partial charge in [-0.1, -0.05) is 33.1 Å². The maximum absolute atomic E-state index is 11.9. The molecule has 0 fully saturated rings. The molecule has 0 aliphatic heterocycles. The number of nitrogens with one attached hydrogen (secondary N) is 1. The van der Waals surface area contributed by atoms with Gasteiger partial charge in [0.15, 0.2) is 0 Å². The molecular weight excluding hydrogens is 242 g/mol. The predicted molar refractivity (Wildman–Crippen MR) is 75.3 cm³/mol. The Bertz CT molecular complexity index is 454. The SMILES string of the molecule is CCCCCCNC(=O)c1ccc(=O)n(CCC)n1. The van der Waals surface area contributed by atoms with E-state index in [1.54, 1.807) is 0 Å². The summed E-state index contributed by atoms with van der Waals surface area (Å²) in [7, 11) is 0. The summed E-state index contributed by atoms with van der Waals surface area (Å²) >= 11 is 0. The van der Waals surface area contributed by atoms with Gasteiger partial charge in [-0.05, 0) is 18.9 Å². The van der Waals surface area contributed by atoms with Gasteiger partial charge in [0.05, 0.1) is 0 Å². The van der Waals surface area contributed by atoms with Gasteiger partial charge in [0.2, 0.25) is 0 Å². The van der Waals surface area contributed by atoms with Crippen molar-refractivity contribution in [1.29, 1.82) is 0 Å². The molecule has 0 radical (unpaired) electrons. The Hall–Kier alpha value is -1.65. The molecule has 0 saturated carbocycles. The van der Waals surface area contributed by atoms with Crippen LogP contribution in [0.5, 0.6) is 0 Å². The molecular formula is C14H23N3O2. The first-order valence-electron chi connectivity index (χ1n) is 7.05. The fraction of sp³-hybridized carbons (Fsp3) is 0.643. The monoisotopic (exact) mass is 265 g/mol. The summed E-state index contributed by atoms with van der Waals surface area (Å²) in [5.41, 5.74) is 0.143. The Balaban J connectivity index is 2.52. The Labute approximate surface area is 114 Å². The first-order valence-corrected chi connectivity index (χ1v) is 7.05. The Morgan fingerprint density at radius 3 is 2.68 bits per heavy atom. The lowest BCUT2D eigenvalue weighted by Gasteiger charge is -2.06. The molecule has 1 rings (SSSR count). The Morgan fingerprint density at radius 2 is 2.00 bits per heavy atom. The highest BCUT2D eigenvalue weighted by molar-refractivity contribution is 5.91. The van der Waals surface area contributed by atoms with E-state index in [9.17, 15) is 9.59 Å². The van der Waals surface area contributed by atoms with Crippen LogP contribution in [0.2, 0.25) is 0 Å². The predicted octanol–water partition coefficient (Wildman–Crippen LogP) is 1.96. The summed E-state index contributed by atoms with van der Waals surface area (Å²) in [5, 5.41) is 6.90.